The molecule has 0 saturated heterocycles. The normalized spacial score (nSPS) is 11.6. The van der Waals surface area contributed by atoms with Gasteiger partial charge in [0.05, 0.1) is 0 Å². The Bertz CT molecular complexity index is 3240. The molecule has 0 atom stereocenters. The summed E-state index contributed by atoms with van der Waals surface area (Å²) in [5.74, 6) is 1.84. The molecule has 0 spiro atoms. The van der Waals surface area contributed by atoms with Crippen LogP contribution >= 0.6 is 11.3 Å². The third-order valence-electron chi connectivity index (χ3n) is 10.5. The minimum atomic E-state index is 0.609. The molecule has 0 saturated carbocycles. The Balaban J connectivity index is 1.04. The van der Waals surface area contributed by atoms with Gasteiger partial charge in [-0.2, -0.15) is 0 Å². The van der Waals surface area contributed by atoms with Gasteiger partial charge in [0.15, 0.2) is 17.5 Å². The van der Waals surface area contributed by atoms with Crippen molar-refractivity contribution >= 4 is 53.4 Å². The number of aromatic nitrogens is 4. The van der Waals surface area contributed by atoms with Gasteiger partial charge >= 0.3 is 0 Å². The fraction of sp³-hybridized carbons (Fsp3) is 0. The van der Waals surface area contributed by atoms with Crippen LogP contribution in [-0.4, -0.2) is 19.9 Å². The monoisotopic (exact) mass is 734 g/mol. The zero-order valence-corrected chi connectivity index (χ0v) is 30.7. The van der Waals surface area contributed by atoms with Gasteiger partial charge in [0.2, 0.25) is 0 Å². The summed E-state index contributed by atoms with van der Waals surface area (Å²) < 4.78 is 9.29. The summed E-state index contributed by atoms with van der Waals surface area (Å²) in [7, 11) is 0. The van der Waals surface area contributed by atoms with Gasteiger partial charge in [-0.15, -0.1) is 11.3 Å². The summed E-state index contributed by atoms with van der Waals surface area (Å²) >= 11 is 1.84. The van der Waals surface area contributed by atoms with Crippen LogP contribution in [0.2, 0.25) is 0 Å². The van der Waals surface area contributed by atoms with Crippen LogP contribution in [0.3, 0.4) is 0 Å². The second kappa shape index (κ2) is 13.2. The Kier molecular flexibility index (Phi) is 7.60. The topological polar surface area (TPSA) is 64.7 Å². The molecule has 262 valence electrons. The van der Waals surface area contributed by atoms with Crippen molar-refractivity contribution in [1.82, 2.24) is 19.9 Å². The summed E-state index contributed by atoms with van der Waals surface area (Å²) in [6.45, 7) is 0. The van der Waals surface area contributed by atoms with E-state index in [2.05, 4.69) is 120 Å². The molecule has 4 heterocycles. The maximum Gasteiger partial charge on any atom is 0.164 e. The van der Waals surface area contributed by atoms with Crippen LogP contribution in [0.5, 0.6) is 0 Å². The van der Waals surface area contributed by atoms with Crippen LogP contribution in [0.15, 0.2) is 187 Å². The lowest BCUT2D eigenvalue weighted by molar-refractivity contribution is 0.670. The van der Waals surface area contributed by atoms with E-state index in [9.17, 15) is 0 Å². The average Bonchev–Trinajstić information content (AvgIpc) is 3.86. The number of furan rings is 1. The predicted octanol–water partition coefficient (Wildman–Crippen LogP) is 13.5. The lowest BCUT2D eigenvalue weighted by Gasteiger charge is -2.11. The summed E-state index contributed by atoms with van der Waals surface area (Å²) in [6, 6.07) is 58.9. The number of hydrogen-bond donors (Lipinski definition) is 0. The van der Waals surface area contributed by atoms with Crippen molar-refractivity contribution in [3.8, 4) is 67.5 Å². The molecule has 0 N–H and O–H groups in total. The van der Waals surface area contributed by atoms with Crippen LogP contribution in [-0.2, 0) is 0 Å². The van der Waals surface area contributed by atoms with Gasteiger partial charge in [-0.1, -0.05) is 140 Å². The lowest BCUT2D eigenvalue weighted by Crippen LogP contribution is -2.00. The number of pyridine rings is 1. The lowest BCUT2D eigenvalue weighted by atomic mass is 9.93. The molecule has 0 aliphatic carbocycles. The zero-order valence-electron chi connectivity index (χ0n) is 29.9. The van der Waals surface area contributed by atoms with Gasteiger partial charge in [0.1, 0.15) is 11.2 Å². The molecular weight excluding hydrogens is 705 g/mol. The van der Waals surface area contributed by atoms with Gasteiger partial charge in [-0.05, 0) is 47.0 Å². The molecule has 0 unspecified atom stereocenters. The number of para-hydroxylation sites is 1. The second-order valence-corrected chi connectivity index (χ2v) is 14.9. The standard InChI is InChI=1S/C50H30N4OS/c1-2-11-32(12-3-1)48-52-49(54-50(53-48)35-14-8-13-34(29-35)36-15-10-28-51-30-36)33-24-22-31(23-25-33)37-26-27-39(46-45(37)42-17-4-6-20-43(42)55-46)41-19-9-18-40-38-16-5-7-21-44(38)56-47(40)41/h1-30H. The SMILES string of the molecule is c1ccc(-c2nc(-c3ccc(-c4ccc(-c5cccc6c5sc5ccccc56)c5oc6ccccc6c45)cc3)nc(-c3cccc(-c4cccnc4)c3)n2)cc1. The molecule has 11 rings (SSSR count). The molecule has 5 nitrogen and oxygen atoms in total. The molecule has 56 heavy (non-hydrogen) atoms. The van der Waals surface area contributed by atoms with E-state index in [4.69, 9.17) is 19.4 Å². The van der Waals surface area contributed by atoms with Crippen molar-refractivity contribution in [3.05, 3.63) is 182 Å². The van der Waals surface area contributed by atoms with Crippen molar-refractivity contribution in [2.75, 3.05) is 0 Å². The molecule has 7 aromatic carbocycles. The summed E-state index contributed by atoms with van der Waals surface area (Å²) in [5, 5.41) is 4.75. The molecular formula is C50H30N4OS. The number of hydrogen-bond acceptors (Lipinski definition) is 6. The maximum absolute atomic E-state index is 6.74. The van der Waals surface area contributed by atoms with Gasteiger partial charge < -0.3 is 4.42 Å². The van der Waals surface area contributed by atoms with Gasteiger partial charge in [0, 0.05) is 76.7 Å². The Morgan fingerprint density at radius 1 is 0.411 bits per heavy atom. The van der Waals surface area contributed by atoms with E-state index in [0.717, 1.165) is 66.4 Å². The Morgan fingerprint density at radius 2 is 1.04 bits per heavy atom. The van der Waals surface area contributed by atoms with E-state index >= 15 is 0 Å². The Hall–Kier alpha value is -7.28. The Labute approximate surface area is 326 Å². The number of benzene rings is 7. The smallest absolute Gasteiger partial charge is 0.164 e. The molecule has 6 heteroatoms. The van der Waals surface area contributed by atoms with Gasteiger partial charge in [0.25, 0.3) is 0 Å². The molecule has 0 aliphatic heterocycles. The highest BCUT2D eigenvalue weighted by Gasteiger charge is 2.20. The predicted molar refractivity (Wildman–Crippen MR) is 230 cm³/mol. The van der Waals surface area contributed by atoms with Crippen molar-refractivity contribution in [3.63, 3.8) is 0 Å². The first-order chi connectivity index (χ1) is 27.7. The number of rotatable bonds is 6. The minimum absolute atomic E-state index is 0.609. The van der Waals surface area contributed by atoms with E-state index < -0.39 is 0 Å². The van der Waals surface area contributed by atoms with Crippen molar-refractivity contribution in [2.45, 2.75) is 0 Å². The zero-order chi connectivity index (χ0) is 37.0. The van der Waals surface area contributed by atoms with E-state index in [1.807, 2.05) is 72.1 Å². The van der Waals surface area contributed by atoms with E-state index in [0.29, 0.717) is 17.5 Å². The minimum Gasteiger partial charge on any atom is -0.455 e. The van der Waals surface area contributed by atoms with Crippen molar-refractivity contribution < 1.29 is 4.42 Å². The van der Waals surface area contributed by atoms with Crippen LogP contribution in [0.1, 0.15) is 0 Å². The average molecular weight is 735 g/mol. The van der Waals surface area contributed by atoms with Gasteiger partial charge in [-0.3, -0.25) is 4.98 Å². The second-order valence-electron chi connectivity index (χ2n) is 13.8. The highest BCUT2D eigenvalue weighted by molar-refractivity contribution is 7.26. The largest absolute Gasteiger partial charge is 0.455 e. The fourth-order valence-electron chi connectivity index (χ4n) is 7.76. The van der Waals surface area contributed by atoms with Crippen LogP contribution < -0.4 is 0 Å². The van der Waals surface area contributed by atoms with Crippen LogP contribution in [0, 0.1) is 0 Å². The number of fused-ring (bicyclic) bond motifs is 6. The van der Waals surface area contributed by atoms with Gasteiger partial charge in [-0.25, -0.2) is 15.0 Å². The first-order valence-electron chi connectivity index (χ1n) is 18.5. The first kappa shape index (κ1) is 32.2. The molecule has 0 aliphatic rings. The quantitative estimate of drug-likeness (QED) is 0.170. The van der Waals surface area contributed by atoms with Crippen molar-refractivity contribution in [1.29, 1.82) is 0 Å². The Morgan fingerprint density at radius 3 is 1.86 bits per heavy atom. The maximum atomic E-state index is 6.74. The summed E-state index contributed by atoms with van der Waals surface area (Å²) in [5.41, 5.74) is 11.0. The molecule has 0 radical (unpaired) electrons. The van der Waals surface area contributed by atoms with E-state index in [1.54, 1.807) is 6.20 Å². The summed E-state index contributed by atoms with van der Waals surface area (Å²) in [4.78, 5) is 19.3. The van der Waals surface area contributed by atoms with Crippen LogP contribution in [0.4, 0.5) is 0 Å². The third kappa shape index (κ3) is 5.46. The first-order valence-corrected chi connectivity index (χ1v) is 19.3. The van der Waals surface area contributed by atoms with E-state index in [-0.39, 0.29) is 0 Å². The highest BCUT2D eigenvalue weighted by Crippen LogP contribution is 2.46. The van der Waals surface area contributed by atoms with Crippen molar-refractivity contribution in [2.24, 2.45) is 0 Å². The molecule has 0 bridgehead atoms. The molecule has 0 fully saturated rings. The fourth-order valence-corrected chi connectivity index (χ4v) is 8.99. The van der Waals surface area contributed by atoms with E-state index in [1.165, 1.54) is 25.7 Å². The number of thiophene rings is 1. The highest BCUT2D eigenvalue weighted by atomic mass is 32.1. The molecule has 0 amide bonds. The summed E-state index contributed by atoms with van der Waals surface area (Å²) in [6.07, 6.45) is 3.65. The molecule has 11 aromatic rings. The van der Waals surface area contributed by atoms with Crippen LogP contribution in [0.25, 0.3) is 110 Å². The number of nitrogens with zero attached hydrogens (tertiary/aromatic N) is 4. The molecule has 4 aromatic heterocycles. The third-order valence-corrected chi connectivity index (χ3v) is 11.7.